The maximum atomic E-state index is 13.8. The Balaban J connectivity index is 2.01. The van der Waals surface area contributed by atoms with E-state index in [9.17, 15) is 18.8 Å². The van der Waals surface area contributed by atoms with Gasteiger partial charge in [0.15, 0.2) is 0 Å². The van der Waals surface area contributed by atoms with Gasteiger partial charge in [-0.2, -0.15) is 0 Å². The third-order valence-corrected chi connectivity index (χ3v) is 4.19. The number of hydrogen-bond acceptors (Lipinski definition) is 3. The Morgan fingerprint density at radius 2 is 2.08 bits per heavy atom. The minimum absolute atomic E-state index is 0.0765. The largest absolute Gasteiger partial charge is 0.481 e. The molecule has 0 aromatic heterocycles. The van der Waals surface area contributed by atoms with Crippen LogP contribution in [-0.4, -0.2) is 59.4 Å². The van der Waals surface area contributed by atoms with E-state index in [4.69, 9.17) is 5.11 Å². The Bertz CT molecular complexity index is 662. The van der Waals surface area contributed by atoms with E-state index in [0.717, 1.165) is 10.5 Å². The minimum atomic E-state index is -0.918. The number of rotatable bonds is 4. The van der Waals surface area contributed by atoms with Gasteiger partial charge in [-0.15, -0.1) is 0 Å². The summed E-state index contributed by atoms with van der Waals surface area (Å²) in [5, 5.41) is 9.07. The van der Waals surface area contributed by atoms with E-state index in [2.05, 4.69) is 0 Å². The maximum absolute atomic E-state index is 13.8. The molecule has 24 heavy (non-hydrogen) atoms. The molecule has 7 heteroatoms. The average molecular weight is 336 g/mol. The number of carbonyl (C=O) groups is 3. The summed E-state index contributed by atoms with van der Waals surface area (Å²) in [6, 6.07) is 4.23. The van der Waals surface area contributed by atoms with Crippen molar-refractivity contribution in [2.45, 2.75) is 19.8 Å². The second kappa shape index (κ2) is 7.42. The van der Waals surface area contributed by atoms with Crippen LogP contribution in [0.4, 0.5) is 4.39 Å². The smallest absolute Gasteiger partial charge is 0.308 e. The molecule has 1 unspecified atom stereocenters. The lowest BCUT2D eigenvalue weighted by Crippen LogP contribution is -2.47. The zero-order valence-electron chi connectivity index (χ0n) is 13.8. The van der Waals surface area contributed by atoms with Crippen molar-refractivity contribution in [1.82, 2.24) is 9.80 Å². The molecule has 6 nitrogen and oxygen atoms in total. The lowest BCUT2D eigenvalue weighted by Gasteiger charge is -2.32. The number of hydrogen-bond donors (Lipinski definition) is 1. The zero-order valence-corrected chi connectivity index (χ0v) is 13.8. The van der Waals surface area contributed by atoms with Crippen molar-refractivity contribution in [2.24, 2.45) is 5.92 Å². The van der Waals surface area contributed by atoms with Crippen LogP contribution in [0.25, 0.3) is 0 Å². The number of aryl methyl sites for hydroxylation is 1. The number of carbonyl (C=O) groups excluding carboxylic acids is 2. The van der Waals surface area contributed by atoms with Gasteiger partial charge in [-0.05, 0) is 31.9 Å². The molecule has 0 aliphatic carbocycles. The van der Waals surface area contributed by atoms with Crippen molar-refractivity contribution in [3.05, 3.63) is 35.1 Å². The van der Waals surface area contributed by atoms with Crippen LogP contribution < -0.4 is 0 Å². The van der Waals surface area contributed by atoms with Gasteiger partial charge in [0.05, 0.1) is 18.0 Å². The van der Waals surface area contributed by atoms with E-state index < -0.39 is 23.6 Å². The predicted octanol–water partition coefficient (Wildman–Crippen LogP) is 1.53. The topological polar surface area (TPSA) is 77.9 Å². The standard InChI is InChI=1S/C17H21FN2O4/c1-11-5-6-14(18)13(8-11)16(22)19(2)10-15(21)20-7-3-4-12(9-20)17(23)24/h5-6,8,12H,3-4,7,9-10H2,1-2H3,(H,23,24). The van der Waals surface area contributed by atoms with Gasteiger partial charge < -0.3 is 14.9 Å². The molecule has 0 radical (unpaired) electrons. The molecule has 1 heterocycles. The number of amides is 2. The number of halogens is 1. The summed E-state index contributed by atoms with van der Waals surface area (Å²) in [5.41, 5.74) is 0.673. The van der Waals surface area contributed by atoms with Crippen LogP contribution in [0, 0.1) is 18.7 Å². The van der Waals surface area contributed by atoms with Crippen LogP contribution >= 0.6 is 0 Å². The van der Waals surface area contributed by atoms with Gasteiger partial charge in [-0.25, -0.2) is 4.39 Å². The summed E-state index contributed by atoms with van der Waals surface area (Å²) >= 11 is 0. The van der Waals surface area contributed by atoms with Crippen molar-refractivity contribution >= 4 is 17.8 Å². The number of likely N-dealkylation sites (tertiary alicyclic amines) is 1. The van der Waals surface area contributed by atoms with E-state index in [1.807, 2.05) is 0 Å². The molecular formula is C17H21FN2O4. The fourth-order valence-corrected chi connectivity index (χ4v) is 2.79. The van der Waals surface area contributed by atoms with Gasteiger partial charge in [0.1, 0.15) is 5.82 Å². The van der Waals surface area contributed by atoms with Crippen LogP contribution in [0.5, 0.6) is 0 Å². The molecule has 1 N–H and O–H groups in total. The highest BCUT2D eigenvalue weighted by molar-refractivity contribution is 5.96. The zero-order chi connectivity index (χ0) is 17.9. The monoisotopic (exact) mass is 336 g/mol. The molecule has 0 spiro atoms. The van der Waals surface area contributed by atoms with E-state index >= 15 is 0 Å². The number of carboxylic acids is 1. The molecule has 1 aliphatic rings. The van der Waals surface area contributed by atoms with E-state index in [1.165, 1.54) is 24.1 Å². The number of aliphatic carboxylic acids is 1. The summed E-state index contributed by atoms with van der Waals surface area (Å²) in [7, 11) is 1.43. The van der Waals surface area contributed by atoms with Crippen LogP contribution in [0.3, 0.4) is 0 Å². The first-order chi connectivity index (χ1) is 11.3. The Morgan fingerprint density at radius 1 is 1.38 bits per heavy atom. The molecule has 1 aromatic carbocycles. The molecule has 1 aliphatic heterocycles. The van der Waals surface area contributed by atoms with Crippen LogP contribution in [-0.2, 0) is 9.59 Å². The first-order valence-electron chi connectivity index (χ1n) is 7.81. The molecular weight excluding hydrogens is 315 g/mol. The number of piperidine rings is 1. The van der Waals surface area contributed by atoms with E-state index in [-0.39, 0.29) is 24.6 Å². The lowest BCUT2D eigenvalue weighted by molar-refractivity contribution is -0.145. The third-order valence-electron chi connectivity index (χ3n) is 4.19. The molecule has 1 fully saturated rings. The summed E-state index contributed by atoms with van der Waals surface area (Å²) in [5.74, 6) is -3.02. The van der Waals surface area contributed by atoms with Crippen molar-refractivity contribution < 1.29 is 23.9 Å². The summed E-state index contributed by atoms with van der Waals surface area (Å²) in [6.45, 7) is 2.16. The third kappa shape index (κ3) is 4.10. The first-order valence-corrected chi connectivity index (χ1v) is 7.81. The highest BCUT2D eigenvalue weighted by atomic mass is 19.1. The molecule has 1 saturated heterocycles. The molecule has 2 rings (SSSR count). The summed E-state index contributed by atoms with van der Waals surface area (Å²) in [4.78, 5) is 38.3. The van der Waals surface area contributed by atoms with Crippen LogP contribution in [0.15, 0.2) is 18.2 Å². The van der Waals surface area contributed by atoms with Gasteiger partial charge in [-0.3, -0.25) is 14.4 Å². The molecule has 130 valence electrons. The fraction of sp³-hybridized carbons (Fsp3) is 0.471. The van der Waals surface area contributed by atoms with Gasteiger partial charge in [0, 0.05) is 20.1 Å². The molecule has 1 atom stereocenters. The van der Waals surface area contributed by atoms with Crippen LogP contribution in [0.1, 0.15) is 28.8 Å². The number of carboxylic acid groups (broad SMARTS) is 1. The summed E-state index contributed by atoms with van der Waals surface area (Å²) in [6.07, 6.45) is 1.16. The number of likely N-dealkylation sites (N-methyl/N-ethyl adjacent to an activating group) is 1. The van der Waals surface area contributed by atoms with Crippen molar-refractivity contribution in [2.75, 3.05) is 26.7 Å². The molecule has 0 saturated carbocycles. The summed E-state index contributed by atoms with van der Waals surface area (Å²) < 4.78 is 13.8. The van der Waals surface area contributed by atoms with Crippen molar-refractivity contribution in [3.63, 3.8) is 0 Å². The van der Waals surface area contributed by atoms with Gasteiger partial charge in [0.2, 0.25) is 5.91 Å². The van der Waals surface area contributed by atoms with E-state index in [0.29, 0.717) is 19.4 Å². The molecule has 1 aromatic rings. The van der Waals surface area contributed by atoms with Gasteiger partial charge in [0.25, 0.3) is 5.91 Å². The predicted molar refractivity (Wildman–Crippen MR) is 85.0 cm³/mol. The molecule has 2 amide bonds. The lowest BCUT2D eigenvalue weighted by atomic mass is 9.98. The Morgan fingerprint density at radius 3 is 2.75 bits per heavy atom. The SMILES string of the molecule is Cc1ccc(F)c(C(=O)N(C)CC(=O)N2CCCC(C(=O)O)C2)c1. The quantitative estimate of drug-likeness (QED) is 0.904. The van der Waals surface area contributed by atoms with Crippen LogP contribution in [0.2, 0.25) is 0 Å². The highest BCUT2D eigenvalue weighted by Crippen LogP contribution is 2.17. The molecule has 0 bridgehead atoms. The normalized spacial score (nSPS) is 17.5. The van der Waals surface area contributed by atoms with Gasteiger partial charge >= 0.3 is 5.97 Å². The fourth-order valence-electron chi connectivity index (χ4n) is 2.79. The minimum Gasteiger partial charge on any atom is -0.481 e. The number of nitrogens with zero attached hydrogens (tertiary/aromatic N) is 2. The second-order valence-electron chi connectivity index (χ2n) is 6.16. The Labute approximate surface area is 139 Å². The van der Waals surface area contributed by atoms with E-state index in [1.54, 1.807) is 13.0 Å². The Hall–Kier alpha value is -2.44. The highest BCUT2D eigenvalue weighted by Gasteiger charge is 2.29. The first kappa shape index (κ1) is 17.9. The van der Waals surface area contributed by atoms with Crippen molar-refractivity contribution in [3.8, 4) is 0 Å². The number of benzene rings is 1. The van der Waals surface area contributed by atoms with Crippen molar-refractivity contribution in [1.29, 1.82) is 0 Å². The Kier molecular flexibility index (Phi) is 5.54. The second-order valence-corrected chi connectivity index (χ2v) is 6.16. The van der Waals surface area contributed by atoms with Gasteiger partial charge in [-0.1, -0.05) is 11.6 Å². The maximum Gasteiger partial charge on any atom is 0.308 e. The average Bonchev–Trinajstić information content (AvgIpc) is 2.56.